The Balaban J connectivity index is 2.28. The summed E-state index contributed by atoms with van der Waals surface area (Å²) in [6, 6.07) is 15.4. The molecular formula is C27H27N3O5. The molecule has 180 valence electrons. The van der Waals surface area contributed by atoms with Gasteiger partial charge in [0.1, 0.15) is 29.0 Å². The maximum Gasteiger partial charge on any atom is 0.354 e. The largest absolute Gasteiger partial charge is 0.493 e. The molecule has 0 bridgehead atoms. The summed E-state index contributed by atoms with van der Waals surface area (Å²) in [7, 11) is 1.39. The van der Waals surface area contributed by atoms with Gasteiger partial charge in [-0.1, -0.05) is 38.1 Å². The van der Waals surface area contributed by atoms with Gasteiger partial charge < -0.3 is 19.5 Å². The molecule has 0 radical (unpaired) electrons. The average Bonchev–Trinajstić information content (AvgIpc) is 2.88. The highest BCUT2D eigenvalue weighted by Crippen LogP contribution is 2.30. The first kappa shape index (κ1) is 26.7. The van der Waals surface area contributed by atoms with Crippen LogP contribution in [0.1, 0.15) is 37.8 Å². The number of nitrogens with zero attached hydrogens (tertiary/aromatic N) is 2. The molecule has 0 aromatic heterocycles. The van der Waals surface area contributed by atoms with Crippen molar-refractivity contribution >= 4 is 24.0 Å². The summed E-state index contributed by atoms with van der Waals surface area (Å²) < 4.78 is 16.4. The molecule has 0 aliphatic heterocycles. The second kappa shape index (κ2) is 13.9. The Labute approximate surface area is 205 Å². The van der Waals surface area contributed by atoms with Crippen molar-refractivity contribution in [1.82, 2.24) is 5.32 Å². The van der Waals surface area contributed by atoms with E-state index in [9.17, 15) is 20.1 Å². The summed E-state index contributed by atoms with van der Waals surface area (Å²) >= 11 is 0. The van der Waals surface area contributed by atoms with Crippen molar-refractivity contribution in [2.45, 2.75) is 26.7 Å². The highest BCUT2D eigenvalue weighted by molar-refractivity contribution is 6.02. The number of esters is 1. The molecule has 2 aromatic rings. The predicted octanol–water partition coefficient (Wildman–Crippen LogP) is 4.43. The van der Waals surface area contributed by atoms with E-state index >= 15 is 0 Å². The van der Waals surface area contributed by atoms with Gasteiger partial charge in [0, 0.05) is 12.1 Å². The number of nitriles is 2. The number of nitrogens with one attached hydrogen (secondary N) is 1. The Morgan fingerprint density at radius 1 is 0.943 bits per heavy atom. The molecule has 0 aliphatic carbocycles. The molecule has 8 nitrogen and oxygen atoms in total. The maximum atomic E-state index is 12.7. The third kappa shape index (κ3) is 7.76. The van der Waals surface area contributed by atoms with Crippen molar-refractivity contribution in [1.29, 1.82) is 10.5 Å². The Bertz CT molecular complexity index is 1200. The minimum absolute atomic E-state index is 0.0658. The average molecular weight is 474 g/mol. The van der Waals surface area contributed by atoms with Gasteiger partial charge >= 0.3 is 5.97 Å². The molecule has 1 N–H and O–H groups in total. The minimum Gasteiger partial charge on any atom is -0.493 e. The zero-order chi connectivity index (χ0) is 25.6. The topological polar surface area (TPSA) is 121 Å². The van der Waals surface area contributed by atoms with Gasteiger partial charge in [0.05, 0.1) is 13.7 Å². The van der Waals surface area contributed by atoms with Crippen molar-refractivity contribution in [3.8, 4) is 29.4 Å². The number of para-hydroxylation sites is 1. The molecule has 35 heavy (non-hydrogen) atoms. The molecule has 1 amide bonds. The smallest absolute Gasteiger partial charge is 0.354 e. The van der Waals surface area contributed by atoms with Crippen LogP contribution in [0.2, 0.25) is 0 Å². The van der Waals surface area contributed by atoms with Crippen molar-refractivity contribution in [3.05, 3.63) is 64.7 Å². The summed E-state index contributed by atoms with van der Waals surface area (Å²) in [4.78, 5) is 24.8. The summed E-state index contributed by atoms with van der Waals surface area (Å²) in [5.74, 6) is -0.505. The minimum atomic E-state index is -0.865. The van der Waals surface area contributed by atoms with E-state index in [1.165, 1.54) is 31.4 Å². The van der Waals surface area contributed by atoms with Crippen LogP contribution in [0.3, 0.4) is 0 Å². The lowest BCUT2D eigenvalue weighted by Crippen LogP contribution is -2.25. The number of methoxy groups -OCH3 is 1. The summed E-state index contributed by atoms with van der Waals surface area (Å²) in [6.45, 7) is 4.85. The second-order valence-electron chi connectivity index (χ2n) is 7.28. The van der Waals surface area contributed by atoms with Gasteiger partial charge in [-0.3, -0.25) is 4.79 Å². The van der Waals surface area contributed by atoms with Crippen LogP contribution in [0, 0.1) is 22.7 Å². The second-order valence-corrected chi connectivity index (χ2v) is 7.28. The SMILES string of the molecule is CCCNC(=O)/C(C#N)=C/c1ccc(OC(=O)/C(C#N)=C/c2ccccc2OCCC)c(OC)c1. The lowest BCUT2D eigenvalue weighted by molar-refractivity contribution is -0.129. The van der Waals surface area contributed by atoms with E-state index in [1.54, 1.807) is 30.3 Å². The van der Waals surface area contributed by atoms with Gasteiger partial charge in [-0.05, 0) is 48.8 Å². The Hall–Kier alpha value is -4.56. The number of benzene rings is 2. The van der Waals surface area contributed by atoms with E-state index in [-0.39, 0.29) is 22.6 Å². The van der Waals surface area contributed by atoms with Crippen molar-refractivity contribution in [3.63, 3.8) is 0 Å². The molecule has 2 rings (SSSR count). The summed E-state index contributed by atoms with van der Waals surface area (Å²) in [5, 5.41) is 21.5. The van der Waals surface area contributed by atoms with Crippen LogP contribution in [0.25, 0.3) is 12.2 Å². The Morgan fingerprint density at radius 3 is 2.34 bits per heavy atom. The zero-order valence-corrected chi connectivity index (χ0v) is 20.0. The van der Waals surface area contributed by atoms with E-state index in [0.29, 0.717) is 30.0 Å². The number of ether oxygens (including phenoxy) is 3. The number of rotatable bonds is 11. The molecule has 8 heteroatoms. The molecular weight excluding hydrogens is 446 g/mol. The number of amides is 1. The number of carbonyl (C=O) groups is 2. The van der Waals surface area contributed by atoms with Crippen LogP contribution >= 0.6 is 0 Å². The summed E-state index contributed by atoms with van der Waals surface area (Å²) in [5.41, 5.74) is 0.794. The van der Waals surface area contributed by atoms with E-state index in [2.05, 4.69) is 5.32 Å². The van der Waals surface area contributed by atoms with E-state index in [0.717, 1.165) is 12.8 Å². The van der Waals surface area contributed by atoms with Crippen LogP contribution in [-0.4, -0.2) is 32.1 Å². The highest BCUT2D eigenvalue weighted by atomic mass is 16.6. The van der Waals surface area contributed by atoms with Crippen LogP contribution < -0.4 is 19.5 Å². The maximum absolute atomic E-state index is 12.7. The van der Waals surface area contributed by atoms with Gasteiger partial charge in [0.25, 0.3) is 5.91 Å². The molecule has 0 saturated heterocycles. The third-order valence-corrected chi connectivity index (χ3v) is 4.62. The van der Waals surface area contributed by atoms with Crippen LogP contribution in [0.5, 0.6) is 17.2 Å². The molecule has 0 atom stereocenters. The van der Waals surface area contributed by atoms with E-state index in [1.807, 2.05) is 26.0 Å². The lowest BCUT2D eigenvalue weighted by Gasteiger charge is -2.11. The van der Waals surface area contributed by atoms with Crippen LogP contribution in [-0.2, 0) is 9.59 Å². The quantitative estimate of drug-likeness (QED) is 0.222. The fraction of sp³-hybridized carbons (Fsp3) is 0.259. The number of carbonyl (C=O) groups excluding carboxylic acids is 2. The van der Waals surface area contributed by atoms with Crippen molar-refractivity contribution in [2.75, 3.05) is 20.3 Å². The van der Waals surface area contributed by atoms with Crippen molar-refractivity contribution < 1.29 is 23.8 Å². The molecule has 2 aromatic carbocycles. The fourth-order valence-corrected chi connectivity index (χ4v) is 2.90. The van der Waals surface area contributed by atoms with Gasteiger partial charge in [0.15, 0.2) is 11.5 Å². The Kier molecular flexibility index (Phi) is 10.6. The lowest BCUT2D eigenvalue weighted by atomic mass is 10.1. The van der Waals surface area contributed by atoms with Gasteiger partial charge in [-0.15, -0.1) is 0 Å². The monoisotopic (exact) mass is 473 g/mol. The molecule has 0 spiro atoms. The molecule has 0 aliphatic rings. The van der Waals surface area contributed by atoms with Gasteiger partial charge in [-0.25, -0.2) is 4.79 Å². The Morgan fingerprint density at radius 2 is 1.69 bits per heavy atom. The first-order valence-corrected chi connectivity index (χ1v) is 11.1. The van der Waals surface area contributed by atoms with Gasteiger partial charge in [0.2, 0.25) is 0 Å². The van der Waals surface area contributed by atoms with E-state index < -0.39 is 11.9 Å². The van der Waals surface area contributed by atoms with Gasteiger partial charge in [-0.2, -0.15) is 10.5 Å². The van der Waals surface area contributed by atoms with Crippen molar-refractivity contribution in [2.24, 2.45) is 0 Å². The third-order valence-electron chi connectivity index (χ3n) is 4.62. The first-order valence-electron chi connectivity index (χ1n) is 11.1. The van der Waals surface area contributed by atoms with E-state index in [4.69, 9.17) is 14.2 Å². The molecule has 0 saturated carbocycles. The molecule has 0 unspecified atom stereocenters. The predicted molar refractivity (Wildman–Crippen MR) is 131 cm³/mol. The molecule has 0 fully saturated rings. The fourth-order valence-electron chi connectivity index (χ4n) is 2.90. The first-order chi connectivity index (χ1) is 17.0. The standard InChI is InChI=1S/C27H27N3O5/c1-4-12-30-26(31)21(17-28)14-19-10-11-24(25(15-19)33-3)35-27(32)22(18-29)16-20-8-6-7-9-23(20)34-13-5-2/h6-11,14-16H,4-5,12-13H2,1-3H3,(H,30,31)/b21-14+,22-16+. The normalized spacial score (nSPS) is 11.1. The zero-order valence-electron chi connectivity index (χ0n) is 20.0. The highest BCUT2D eigenvalue weighted by Gasteiger charge is 2.17. The van der Waals surface area contributed by atoms with Crippen LogP contribution in [0.15, 0.2) is 53.6 Å². The molecule has 0 heterocycles. The number of hydrogen-bond acceptors (Lipinski definition) is 7. The summed E-state index contributed by atoms with van der Waals surface area (Å²) in [6.07, 6.45) is 4.38. The number of hydrogen-bond donors (Lipinski definition) is 1. The van der Waals surface area contributed by atoms with Crippen LogP contribution in [0.4, 0.5) is 0 Å².